The van der Waals surface area contributed by atoms with E-state index in [0.29, 0.717) is 6.54 Å². The normalized spacial score (nSPS) is 12.1. The third-order valence-corrected chi connectivity index (χ3v) is 3.63. The summed E-state index contributed by atoms with van der Waals surface area (Å²) < 4.78 is 12.8. The molecule has 1 atom stereocenters. The quantitative estimate of drug-likeness (QED) is 0.816. The SMILES string of the molecule is CCN(CC(=O)NCc1ccc(F)cc1)C(=O)[C@@H](N)C(C)(C)C.Cl. The molecule has 0 aliphatic heterocycles. The fraction of sp³-hybridized carbons (Fsp3) is 0.529. The predicted octanol–water partition coefficient (Wildman–Crippen LogP) is 2.09. The van der Waals surface area contributed by atoms with E-state index in [0.717, 1.165) is 5.56 Å². The van der Waals surface area contributed by atoms with Gasteiger partial charge in [-0.3, -0.25) is 9.59 Å². The number of nitrogens with one attached hydrogen (secondary N) is 1. The highest BCUT2D eigenvalue weighted by Crippen LogP contribution is 2.19. The highest BCUT2D eigenvalue weighted by atomic mass is 35.5. The highest BCUT2D eigenvalue weighted by Gasteiger charge is 2.31. The third kappa shape index (κ3) is 6.84. The van der Waals surface area contributed by atoms with Gasteiger partial charge in [-0.2, -0.15) is 0 Å². The van der Waals surface area contributed by atoms with E-state index in [1.807, 2.05) is 20.8 Å². The molecule has 0 heterocycles. The number of nitrogens with zero attached hydrogens (tertiary/aromatic N) is 1. The molecule has 1 aromatic rings. The molecule has 0 fully saturated rings. The first-order valence-electron chi connectivity index (χ1n) is 7.70. The molecule has 0 saturated heterocycles. The lowest BCUT2D eigenvalue weighted by Gasteiger charge is -2.31. The summed E-state index contributed by atoms with van der Waals surface area (Å²) in [6, 6.07) is 5.23. The summed E-state index contributed by atoms with van der Waals surface area (Å²) in [5.41, 5.74) is 6.39. The van der Waals surface area contributed by atoms with E-state index in [9.17, 15) is 14.0 Å². The zero-order valence-electron chi connectivity index (χ0n) is 14.6. The van der Waals surface area contributed by atoms with Crippen LogP contribution < -0.4 is 11.1 Å². The molecule has 1 rings (SSSR count). The average molecular weight is 360 g/mol. The summed E-state index contributed by atoms with van der Waals surface area (Å²) in [6.07, 6.45) is 0. The van der Waals surface area contributed by atoms with Crippen LogP contribution in [0.1, 0.15) is 33.3 Å². The Morgan fingerprint density at radius 3 is 2.25 bits per heavy atom. The number of likely N-dealkylation sites (N-methyl/N-ethyl adjacent to an activating group) is 1. The first-order valence-corrected chi connectivity index (χ1v) is 7.70. The standard InChI is InChI=1S/C17H26FN3O2.ClH/c1-5-21(16(23)15(19)17(2,3)4)11-14(22)20-10-12-6-8-13(18)9-7-12;/h6-9,15H,5,10-11,19H2,1-4H3,(H,20,22);1H/t15-;/m1./s1. The van der Waals surface area contributed by atoms with Crippen molar-refractivity contribution in [3.63, 3.8) is 0 Å². The number of nitrogens with two attached hydrogens (primary N) is 1. The molecule has 0 unspecified atom stereocenters. The van der Waals surface area contributed by atoms with E-state index in [4.69, 9.17) is 5.73 Å². The zero-order valence-corrected chi connectivity index (χ0v) is 15.5. The van der Waals surface area contributed by atoms with Crippen molar-refractivity contribution in [3.8, 4) is 0 Å². The van der Waals surface area contributed by atoms with E-state index in [1.54, 1.807) is 19.1 Å². The molecular weight excluding hydrogens is 333 g/mol. The second-order valence-corrected chi connectivity index (χ2v) is 6.60. The van der Waals surface area contributed by atoms with Crippen LogP contribution in [0.4, 0.5) is 4.39 Å². The largest absolute Gasteiger partial charge is 0.350 e. The van der Waals surface area contributed by atoms with Crippen LogP contribution in [0.25, 0.3) is 0 Å². The number of benzene rings is 1. The maximum atomic E-state index is 12.8. The predicted molar refractivity (Wildman–Crippen MR) is 95.2 cm³/mol. The minimum absolute atomic E-state index is 0. The number of carbonyl (C=O) groups excluding carboxylic acids is 2. The molecule has 3 N–H and O–H groups in total. The van der Waals surface area contributed by atoms with Gasteiger partial charge in [0.25, 0.3) is 0 Å². The first kappa shape index (κ1) is 22.3. The van der Waals surface area contributed by atoms with E-state index in [1.165, 1.54) is 17.0 Å². The van der Waals surface area contributed by atoms with Gasteiger partial charge in [-0.05, 0) is 30.0 Å². The molecule has 0 aliphatic carbocycles. The first-order chi connectivity index (χ1) is 10.6. The summed E-state index contributed by atoms with van der Waals surface area (Å²) in [5.74, 6) is -0.832. The van der Waals surface area contributed by atoms with Gasteiger partial charge in [0.15, 0.2) is 0 Å². The maximum absolute atomic E-state index is 12.8. The number of hydrogen-bond donors (Lipinski definition) is 2. The number of amides is 2. The molecule has 1 aromatic carbocycles. The Morgan fingerprint density at radius 1 is 1.25 bits per heavy atom. The third-order valence-electron chi connectivity index (χ3n) is 3.63. The molecule has 0 radical (unpaired) electrons. The van der Waals surface area contributed by atoms with Crippen molar-refractivity contribution in [2.24, 2.45) is 11.1 Å². The van der Waals surface area contributed by atoms with E-state index >= 15 is 0 Å². The van der Waals surface area contributed by atoms with Gasteiger partial charge in [0, 0.05) is 13.1 Å². The lowest BCUT2D eigenvalue weighted by atomic mass is 9.86. The van der Waals surface area contributed by atoms with Crippen molar-refractivity contribution in [1.82, 2.24) is 10.2 Å². The Hall–Kier alpha value is -1.66. The van der Waals surface area contributed by atoms with Crippen molar-refractivity contribution in [1.29, 1.82) is 0 Å². The van der Waals surface area contributed by atoms with Gasteiger partial charge in [0.2, 0.25) is 11.8 Å². The van der Waals surface area contributed by atoms with Crippen molar-refractivity contribution in [2.75, 3.05) is 13.1 Å². The zero-order chi connectivity index (χ0) is 17.6. The Kier molecular flexibility index (Phi) is 8.93. The van der Waals surface area contributed by atoms with Gasteiger partial charge in [-0.1, -0.05) is 32.9 Å². The van der Waals surface area contributed by atoms with E-state index in [2.05, 4.69) is 5.32 Å². The molecule has 136 valence electrons. The van der Waals surface area contributed by atoms with Gasteiger partial charge < -0.3 is 16.0 Å². The summed E-state index contributed by atoms with van der Waals surface area (Å²) in [6.45, 7) is 8.12. The van der Waals surface area contributed by atoms with Crippen molar-refractivity contribution < 1.29 is 14.0 Å². The van der Waals surface area contributed by atoms with Crippen LogP contribution in [-0.4, -0.2) is 35.8 Å². The lowest BCUT2D eigenvalue weighted by molar-refractivity contribution is -0.138. The van der Waals surface area contributed by atoms with Crippen LogP contribution >= 0.6 is 12.4 Å². The number of halogens is 2. The van der Waals surface area contributed by atoms with Crippen LogP contribution in [0.5, 0.6) is 0 Å². The molecular formula is C17H27ClFN3O2. The summed E-state index contributed by atoms with van der Waals surface area (Å²) in [4.78, 5) is 25.8. The Balaban J connectivity index is 0.00000529. The van der Waals surface area contributed by atoms with Crippen molar-refractivity contribution >= 4 is 24.2 Å². The minimum Gasteiger partial charge on any atom is -0.350 e. The highest BCUT2D eigenvalue weighted by molar-refractivity contribution is 5.87. The molecule has 0 bridgehead atoms. The minimum atomic E-state index is -0.660. The Morgan fingerprint density at radius 2 is 1.79 bits per heavy atom. The molecule has 0 aliphatic rings. The number of carbonyl (C=O) groups is 2. The summed E-state index contributed by atoms with van der Waals surface area (Å²) in [7, 11) is 0. The molecule has 0 saturated carbocycles. The number of hydrogen-bond acceptors (Lipinski definition) is 3. The second kappa shape index (κ2) is 9.59. The lowest BCUT2D eigenvalue weighted by Crippen LogP contribution is -2.52. The molecule has 7 heteroatoms. The monoisotopic (exact) mass is 359 g/mol. The van der Waals surface area contributed by atoms with Crippen LogP contribution in [-0.2, 0) is 16.1 Å². The smallest absolute Gasteiger partial charge is 0.240 e. The molecule has 5 nitrogen and oxygen atoms in total. The average Bonchev–Trinajstić information content (AvgIpc) is 2.49. The van der Waals surface area contributed by atoms with Gasteiger partial charge >= 0.3 is 0 Å². The van der Waals surface area contributed by atoms with Crippen LogP contribution in [0.2, 0.25) is 0 Å². The number of rotatable bonds is 6. The van der Waals surface area contributed by atoms with Crippen molar-refractivity contribution in [3.05, 3.63) is 35.6 Å². The van der Waals surface area contributed by atoms with Crippen LogP contribution in [0.15, 0.2) is 24.3 Å². The van der Waals surface area contributed by atoms with Gasteiger partial charge in [-0.25, -0.2) is 4.39 Å². The molecule has 0 spiro atoms. The van der Waals surface area contributed by atoms with Crippen molar-refractivity contribution in [2.45, 2.75) is 40.3 Å². The van der Waals surface area contributed by atoms with Gasteiger partial charge in [0.05, 0.1) is 12.6 Å². The topological polar surface area (TPSA) is 75.4 Å². The van der Waals surface area contributed by atoms with Crippen LogP contribution in [0, 0.1) is 11.2 Å². The van der Waals surface area contributed by atoms with E-state index in [-0.39, 0.29) is 48.5 Å². The molecule has 2 amide bonds. The Bertz CT molecular complexity index is 544. The van der Waals surface area contributed by atoms with Crippen LogP contribution in [0.3, 0.4) is 0 Å². The molecule has 0 aromatic heterocycles. The maximum Gasteiger partial charge on any atom is 0.240 e. The Labute approximate surface area is 149 Å². The van der Waals surface area contributed by atoms with E-state index < -0.39 is 6.04 Å². The van der Waals surface area contributed by atoms with Gasteiger partial charge in [0.1, 0.15) is 5.82 Å². The summed E-state index contributed by atoms with van der Waals surface area (Å²) in [5, 5.41) is 2.72. The van der Waals surface area contributed by atoms with Gasteiger partial charge in [-0.15, -0.1) is 12.4 Å². The fourth-order valence-corrected chi connectivity index (χ4v) is 1.94. The fourth-order valence-electron chi connectivity index (χ4n) is 1.94. The molecule has 24 heavy (non-hydrogen) atoms. The summed E-state index contributed by atoms with van der Waals surface area (Å²) >= 11 is 0. The second-order valence-electron chi connectivity index (χ2n) is 6.60.